The van der Waals surface area contributed by atoms with E-state index < -0.39 is 10.0 Å². The van der Waals surface area contributed by atoms with Crippen LogP contribution in [0.4, 0.5) is 10.8 Å². The number of carbonyl (C=O) groups is 1. The molecular formula is C13H15N4O3S2-. The maximum absolute atomic E-state index is 12.2. The van der Waals surface area contributed by atoms with Gasteiger partial charge in [0.2, 0.25) is 15.9 Å². The molecule has 0 aliphatic rings. The maximum atomic E-state index is 12.2. The lowest BCUT2D eigenvalue weighted by molar-refractivity contribution is -0.114. The summed E-state index contributed by atoms with van der Waals surface area (Å²) in [5, 5.41) is 11.1. The molecule has 9 heteroatoms. The zero-order valence-corrected chi connectivity index (χ0v) is 13.9. The second kappa shape index (κ2) is 6.41. The molecule has 1 amide bonds. The van der Waals surface area contributed by atoms with Gasteiger partial charge in [-0.05, 0) is 24.3 Å². The Balaban J connectivity index is 2.17. The van der Waals surface area contributed by atoms with E-state index >= 15 is 0 Å². The summed E-state index contributed by atoms with van der Waals surface area (Å²) < 4.78 is 28.1. The Morgan fingerprint density at radius 3 is 2.36 bits per heavy atom. The Labute approximate surface area is 132 Å². The average Bonchev–Trinajstić information content (AvgIpc) is 2.86. The molecule has 0 aliphatic carbocycles. The highest BCUT2D eigenvalue weighted by Crippen LogP contribution is 2.32. The van der Waals surface area contributed by atoms with Crippen molar-refractivity contribution in [3.05, 3.63) is 34.0 Å². The summed E-state index contributed by atoms with van der Waals surface area (Å²) in [5.74, 6) is -0.0588. The Bertz CT molecular complexity index is 767. The number of anilines is 1. The second-order valence-corrected chi connectivity index (χ2v) is 7.44. The van der Waals surface area contributed by atoms with Crippen LogP contribution in [0.1, 0.15) is 31.7 Å². The fourth-order valence-electron chi connectivity index (χ4n) is 1.57. The summed E-state index contributed by atoms with van der Waals surface area (Å²) in [4.78, 5) is 11.0. The van der Waals surface area contributed by atoms with Gasteiger partial charge in [0.05, 0.1) is 9.90 Å². The van der Waals surface area contributed by atoms with Crippen molar-refractivity contribution in [1.82, 2.24) is 10.2 Å². The lowest BCUT2D eigenvalue weighted by atomic mass is 10.2. The largest absolute Gasteiger partial charge is 0.342 e. The molecule has 2 rings (SSSR count). The van der Waals surface area contributed by atoms with Gasteiger partial charge >= 0.3 is 0 Å². The summed E-state index contributed by atoms with van der Waals surface area (Å²) >= 11 is 1.15. The van der Waals surface area contributed by atoms with Crippen LogP contribution in [-0.2, 0) is 14.8 Å². The Morgan fingerprint density at radius 1 is 1.23 bits per heavy atom. The highest BCUT2D eigenvalue weighted by atomic mass is 32.2. The third-order valence-electron chi connectivity index (χ3n) is 2.59. The minimum absolute atomic E-state index is 0.0305. The molecule has 0 radical (unpaired) electrons. The monoisotopic (exact) mass is 339 g/mol. The quantitative estimate of drug-likeness (QED) is 0.902. The molecule has 2 aromatic rings. The molecule has 1 N–H and O–H groups in total. The Kier molecular flexibility index (Phi) is 4.77. The van der Waals surface area contributed by atoms with Gasteiger partial charge < -0.3 is 15.1 Å². The van der Waals surface area contributed by atoms with Crippen LogP contribution in [0.5, 0.6) is 0 Å². The van der Waals surface area contributed by atoms with Gasteiger partial charge in [-0.1, -0.05) is 13.8 Å². The third-order valence-corrected chi connectivity index (χ3v) is 5.11. The van der Waals surface area contributed by atoms with Crippen molar-refractivity contribution in [2.45, 2.75) is 31.6 Å². The molecule has 0 saturated heterocycles. The first-order valence-corrected chi connectivity index (χ1v) is 8.72. The van der Waals surface area contributed by atoms with Crippen LogP contribution < -0.4 is 5.32 Å². The van der Waals surface area contributed by atoms with Crippen LogP contribution in [0, 0.1) is 0 Å². The number of carbonyl (C=O) groups excluding carboxylic acids is 1. The smallest absolute Gasteiger partial charge is 0.221 e. The number of nitrogens with zero attached hydrogens (tertiary/aromatic N) is 3. The molecule has 0 saturated carbocycles. The summed E-state index contributed by atoms with van der Waals surface area (Å²) in [5.41, 5.74) is 0.518. The summed E-state index contributed by atoms with van der Waals surface area (Å²) in [7, 11) is -3.85. The van der Waals surface area contributed by atoms with Crippen LogP contribution in [0.3, 0.4) is 0 Å². The van der Waals surface area contributed by atoms with Gasteiger partial charge in [-0.25, -0.2) is 8.42 Å². The number of benzene rings is 1. The SMILES string of the molecule is CC(=O)Nc1ccc(S(=O)(=O)[N-]c2nnc(C(C)C)s2)cc1. The predicted octanol–water partition coefficient (Wildman–Crippen LogP) is 3.01. The highest BCUT2D eigenvalue weighted by Gasteiger charge is 2.11. The van der Waals surface area contributed by atoms with Crippen LogP contribution in [0.2, 0.25) is 0 Å². The number of aromatic nitrogens is 2. The van der Waals surface area contributed by atoms with Crippen molar-refractivity contribution in [2.24, 2.45) is 0 Å². The number of rotatable bonds is 5. The van der Waals surface area contributed by atoms with Crippen LogP contribution >= 0.6 is 11.3 Å². The molecule has 0 fully saturated rings. The molecule has 1 heterocycles. The van der Waals surface area contributed by atoms with E-state index in [1.54, 1.807) is 0 Å². The van der Waals surface area contributed by atoms with Crippen molar-refractivity contribution in [1.29, 1.82) is 0 Å². The van der Waals surface area contributed by atoms with E-state index in [1.807, 2.05) is 13.8 Å². The van der Waals surface area contributed by atoms with E-state index in [0.717, 1.165) is 16.3 Å². The van der Waals surface area contributed by atoms with Gasteiger partial charge in [-0.3, -0.25) is 9.89 Å². The average molecular weight is 339 g/mol. The second-order valence-electron chi connectivity index (χ2n) is 4.85. The molecule has 7 nitrogen and oxygen atoms in total. The van der Waals surface area contributed by atoms with Crippen molar-refractivity contribution in [3.8, 4) is 0 Å². The lowest BCUT2D eigenvalue weighted by Gasteiger charge is -2.11. The van der Waals surface area contributed by atoms with Gasteiger partial charge in [-0.15, -0.1) is 11.3 Å². The van der Waals surface area contributed by atoms with Crippen LogP contribution in [0.15, 0.2) is 29.2 Å². The van der Waals surface area contributed by atoms with E-state index in [0.29, 0.717) is 5.69 Å². The van der Waals surface area contributed by atoms with Crippen LogP contribution in [-0.4, -0.2) is 24.5 Å². The van der Waals surface area contributed by atoms with Crippen LogP contribution in [0.25, 0.3) is 4.72 Å². The van der Waals surface area contributed by atoms with Crippen molar-refractivity contribution < 1.29 is 13.2 Å². The molecule has 0 atom stereocenters. The predicted molar refractivity (Wildman–Crippen MR) is 84.9 cm³/mol. The maximum Gasteiger partial charge on any atom is 0.221 e. The van der Waals surface area contributed by atoms with Crippen molar-refractivity contribution >= 4 is 38.1 Å². The zero-order chi connectivity index (χ0) is 16.3. The van der Waals surface area contributed by atoms with E-state index in [2.05, 4.69) is 20.2 Å². The molecule has 0 unspecified atom stereocenters. The minimum atomic E-state index is -3.85. The van der Waals surface area contributed by atoms with Gasteiger partial charge in [0.1, 0.15) is 0 Å². The lowest BCUT2D eigenvalue weighted by Crippen LogP contribution is -2.06. The zero-order valence-electron chi connectivity index (χ0n) is 12.3. The Hall–Kier alpha value is -2.00. The number of hydrogen-bond donors (Lipinski definition) is 1. The number of sulfonamides is 1. The van der Waals surface area contributed by atoms with E-state index in [9.17, 15) is 13.2 Å². The molecule has 1 aromatic heterocycles. The van der Waals surface area contributed by atoms with E-state index in [-0.39, 0.29) is 21.9 Å². The molecule has 118 valence electrons. The molecule has 0 spiro atoms. The van der Waals surface area contributed by atoms with E-state index in [4.69, 9.17) is 0 Å². The molecule has 0 aliphatic heterocycles. The normalized spacial score (nSPS) is 11.5. The molecule has 1 aromatic carbocycles. The van der Waals surface area contributed by atoms with Gasteiger partial charge in [0, 0.05) is 23.7 Å². The summed E-state index contributed by atoms with van der Waals surface area (Å²) in [6.07, 6.45) is 0. The fraction of sp³-hybridized carbons (Fsp3) is 0.308. The van der Waals surface area contributed by atoms with Gasteiger partial charge in [0.15, 0.2) is 0 Å². The molecule has 22 heavy (non-hydrogen) atoms. The minimum Gasteiger partial charge on any atom is -0.342 e. The molecular weight excluding hydrogens is 324 g/mol. The number of hydrogen-bond acceptors (Lipinski definition) is 6. The standard InChI is InChI=1S/C13H16N4O3S2/c1-8(2)12-15-16-13(21-12)17-22(19,20)11-6-4-10(5-7-11)14-9(3)18/h4-8H,1-3H3,(H2,14,16,17,18)/p-1. The first-order valence-electron chi connectivity index (χ1n) is 6.47. The Morgan fingerprint density at radius 2 is 1.86 bits per heavy atom. The highest BCUT2D eigenvalue weighted by molar-refractivity contribution is 7.94. The topological polar surface area (TPSA) is 103 Å². The summed E-state index contributed by atoms with van der Waals surface area (Å²) in [6, 6.07) is 5.77. The van der Waals surface area contributed by atoms with Crippen molar-refractivity contribution in [3.63, 3.8) is 0 Å². The van der Waals surface area contributed by atoms with Gasteiger partial charge in [0.25, 0.3) is 0 Å². The fourth-order valence-corrected chi connectivity index (χ4v) is 3.42. The van der Waals surface area contributed by atoms with Gasteiger partial charge in [-0.2, -0.15) is 0 Å². The summed E-state index contributed by atoms with van der Waals surface area (Å²) in [6.45, 7) is 5.26. The number of nitrogens with one attached hydrogen (secondary N) is 1. The first kappa shape index (κ1) is 16.4. The number of amides is 1. The van der Waals surface area contributed by atoms with E-state index in [1.165, 1.54) is 31.2 Å². The molecule has 0 bridgehead atoms. The first-order chi connectivity index (χ1) is 10.3. The van der Waals surface area contributed by atoms with Crippen molar-refractivity contribution in [2.75, 3.05) is 5.32 Å². The third kappa shape index (κ3) is 4.01.